The molecule has 130 valence electrons. The van der Waals surface area contributed by atoms with Crippen molar-refractivity contribution in [3.8, 4) is 0 Å². The number of aromatic nitrogens is 3. The summed E-state index contributed by atoms with van der Waals surface area (Å²) in [5, 5.41) is 8.57. The summed E-state index contributed by atoms with van der Waals surface area (Å²) in [5.74, 6) is 0.139. The van der Waals surface area contributed by atoms with Crippen molar-refractivity contribution in [2.45, 2.75) is 13.0 Å². The zero-order valence-corrected chi connectivity index (χ0v) is 14.8. The molecule has 0 aliphatic carbocycles. The zero-order chi connectivity index (χ0) is 18.3. The van der Waals surface area contributed by atoms with E-state index in [2.05, 4.69) is 16.8 Å². The fourth-order valence-electron chi connectivity index (χ4n) is 3.35. The zero-order valence-electron chi connectivity index (χ0n) is 13.9. The van der Waals surface area contributed by atoms with E-state index in [4.69, 9.17) is 12.2 Å². The van der Waals surface area contributed by atoms with Crippen LogP contribution in [0.15, 0.2) is 49.1 Å². The number of benzene rings is 2. The van der Waals surface area contributed by atoms with Gasteiger partial charge in [-0.2, -0.15) is 5.10 Å². The topological polar surface area (TPSA) is 71.0 Å². The molecule has 0 radical (unpaired) electrons. The summed E-state index contributed by atoms with van der Waals surface area (Å²) in [6.45, 7) is 4.47. The highest BCUT2D eigenvalue weighted by atomic mass is 32.1. The molecule has 0 unspecified atom stereocenters. The molecule has 0 fully saturated rings. The SMILES string of the molecule is C=CCn1c(CCN2C(=O)c3cccc4cccc(c34)C2=O)n[nH]c1=S. The molecule has 1 N–H and O–H groups in total. The number of hydrogen-bond donors (Lipinski definition) is 1. The van der Waals surface area contributed by atoms with E-state index in [9.17, 15) is 9.59 Å². The van der Waals surface area contributed by atoms with Gasteiger partial charge in [0, 0.05) is 36.0 Å². The third-order valence-electron chi connectivity index (χ3n) is 4.56. The molecule has 0 spiro atoms. The second-order valence-corrected chi connectivity index (χ2v) is 6.45. The van der Waals surface area contributed by atoms with E-state index in [-0.39, 0.29) is 18.4 Å². The molecule has 0 saturated heterocycles. The van der Waals surface area contributed by atoms with E-state index in [1.54, 1.807) is 22.8 Å². The quantitative estimate of drug-likeness (QED) is 0.429. The molecule has 7 heteroatoms. The molecule has 1 aromatic heterocycles. The number of H-pyrrole nitrogens is 1. The lowest BCUT2D eigenvalue weighted by atomic mass is 9.94. The van der Waals surface area contributed by atoms with Gasteiger partial charge in [-0.3, -0.25) is 19.6 Å². The van der Waals surface area contributed by atoms with Crippen molar-refractivity contribution in [3.63, 3.8) is 0 Å². The highest BCUT2D eigenvalue weighted by Gasteiger charge is 2.32. The van der Waals surface area contributed by atoms with Crippen molar-refractivity contribution in [2.75, 3.05) is 6.54 Å². The Balaban J connectivity index is 1.67. The molecule has 1 aliphatic heterocycles. The Morgan fingerprint density at radius 1 is 1.12 bits per heavy atom. The van der Waals surface area contributed by atoms with Crippen molar-refractivity contribution in [1.29, 1.82) is 0 Å². The van der Waals surface area contributed by atoms with Gasteiger partial charge in [0.15, 0.2) is 4.77 Å². The van der Waals surface area contributed by atoms with Gasteiger partial charge in [0.2, 0.25) is 0 Å². The number of imide groups is 1. The van der Waals surface area contributed by atoms with Crippen molar-refractivity contribution < 1.29 is 9.59 Å². The highest BCUT2D eigenvalue weighted by molar-refractivity contribution is 7.71. The van der Waals surface area contributed by atoms with Crippen LogP contribution in [0.3, 0.4) is 0 Å². The monoisotopic (exact) mass is 364 g/mol. The molecule has 3 aromatic rings. The first-order valence-corrected chi connectivity index (χ1v) is 8.65. The van der Waals surface area contributed by atoms with Crippen molar-refractivity contribution >= 4 is 34.8 Å². The number of amides is 2. The average Bonchev–Trinajstić information content (AvgIpc) is 3.00. The minimum atomic E-state index is -0.274. The molecule has 2 heterocycles. The Kier molecular flexibility index (Phi) is 4.00. The smallest absolute Gasteiger partial charge is 0.261 e. The van der Waals surface area contributed by atoms with Crippen LogP contribution in [-0.4, -0.2) is 38.0 Å². The molecule has 6 nitrogen and oxygen atoms in total. The first kappa shape index (κ1) is 16.4. The number of allylic oxidation sites excluding steroid dienone is 1. The maximum absolute atomic E-state index is 12.9. The van der Waals surface area contributed by atoms with E-state index < -0.39 is 0 Å². The largest absolute Gasteiger partial charge is 0.300 e. The van der Waals surface area contributed by atoms with Crippen LogP contribution in [0.1, 0.15) is 26.5 Å². The molecule has 2 aromatic carbocycles. The molecule has 0 atom stereocenters. The molecule has 4 rings (SSSR count). The van der Waals surface area contributed by atoms with Crippen LogP contribution in [-0.2, 0) is 13.0 Å². The van der Waals surface area contributed by atoms with Gasteiger partial charge in [0.25, 0.3) is 11.8 Å². The average molecular weight is 364 g/mol. The summed E-state index contributed by atoms with van der Waals surface area (Å²) in [6, 6.07) is 11.0. The Labute approximate surface area is 154 Å². The van der Waals surface area contributed by atoms with Crippen LogP contribution >= 0.6 is 12.2 Å². The lowest BCUT2D eigenvalue weighted by molar-refractivity contribution is 0.0611. The molecular weight excluding hydrogens is 348 g/mol. The van der Waals surface area contributed by atoms with Gasteiger partial charge in [0.05, 0.1) is 0 Å². The van der Waals surface area contributed by atoms with Crippen LogP contribution in [0.5, 0.6) is 0 Å². The van der Waals surface area contributed by atoms with Crippen molar-refractivity contribution in [1.82, 2.24) is 19.7 Å². The predicted octanol–water partition coefficient (Wildman–Crippen LogP) is 3.12. The molecule has 1 aliphatic rings. The second kappa shape index (κ2) is 6.34. The minimum absolute atomic E-state index is 0.235. The van der Waals surface area contributed by atoms with Crippen LogP contribution < -0.4 is 0 Å². The third-order valence-corrected chi connectivity index (χ3v) is 4.88. The number of nitrogens with zero attached hydrogens (tertiary/aromatic N) is 3. The highest BCUT2D eigenvalue weighted by Crippen LogP contribution is 2.29. The summed E-state index contributed by atoms with van der Waals surface area (Å²) in [7, 11) is 0. The first-order chi connectivity index (χ1) is 12.6. The Bertz CT molecular complexity index is 1060. The van der Waals surface area contributed by atoms with Crippen molar-refractivity contribution in [3.05, 3.63) is 70.8 Å². The van der Waals surface area contributed by atoms with Gasteiger partial charge < -0.3 is 4.57 Å². The molecule has 0 saturated carbocycles. The minimum Gasteiger partial charge on any atom is -0.300 e. The van der Waals surface area contributed by atoms with Crippen LogP contribution in [0.4, 0.5) is 0 Å². The molecule has 2 amide bonds. The standard InChI is InChI=1S/C19H16N4O2S/c1-2-10-22-15(20-21-19(22)26)9-11-23-17(24)13-7-3-5-12-6-4-8-14(16(12)13)18(23)25/h2-8H,1,9-11H2,(H,21,26). The molecule has 26 heavy (non-hydrogen) atoms. The summed E-state index contributed by atoms with van der Waals surface area (Å²) < 4.78 is 2.29. The summed E-state index contributed by atoms with van der Waals surface area (Å²) in [6.07, 6.45) is 2.14. The fourth-order valence-corrected chi connectivity index (χ4v) is 3.58. The maximum atomic E-state index is 12.9. The third kappa shape index (κ3) is 2.48. The lowest BCUT2D eigenvalue weighted by Gasteiger charge is -2.27. The van der Waals surface area contributed by atoms with Gasteiger partial charge >= 0.3 is 0 Å². The normalized spacial score (nSPS) is 13.5. The van der Waals surface area contributed by atoms with Gasteiger partial charge in [-0.1, -0.05) is 30.3 Å². The molecular formula is C19H16N4O2S. The maximum Gasteiger partial charge on any atom is 0.261 e. The van der Waals surface area contributed by atoms with Gasteiger partial charge in [-0.05, 0) is 29.7 Å². The van der Waals surface area contributed by atoms with E-state index in [1.165, 1.54) is 4.90 Å². The number of hydrogen-bond acceptors (Lipinski definition) is 4. The summed E-state index contributed by atoms with van der Waals surface area (Å²) >= 11 is 5.20. The van der Waals surface area contributed by atoms with Gasteiger partial charge in [-0.25, -0.2) is 0 Å². The van der Waals surface area contributed by atoms with Gasteiger partial charge in [0.1, 0.15) is 5.82 Å². The lowest BCUT2D eigenvalue weighted by Crippen LogP contribution is -2.41. The molecule has 0 bridgehead atoms. The second-order valence-electron chi connectivity index (χ2n) is 6.07. The summed E-state index contributed by atoms with van der Waals surface area (Å²) in [5.41, 5.74) is 1.12. The number of rotatable bonds is 5. The number of carbonyl (C=O) groups is 2. The Hall–Kier alpha value is -3.06. The Morgan fingerprint density at radius 3 is 2.38 bits per heavy atom. The van der Waals surface area contributed by atoms with Gasteiger partial charge in [-0.15, -0.1) is 6.58 Å². The van der Waals surface area contributed by atoms with E-state index in [0.29, 0.717) is 34.7 Å². The first-order valence-electron chi connectivity index (χ1n) is 8.24. The van der Waals surface area contributed by atoms with E-state index >= 15 is 0 Å². The van der Waals surface area contributed by atoms with Crippen LogP contribution in [0.25, 0.3) is 10.8 Å². The number of nitrogens with one attached hydrogen (secondary N) is 1. The van der Waals surface area contributed by atoms with Crippen molar-refractivity contribution in [2.24, 2.45) is 0 Å². The summed E-state index contributed by atoms with van der Waals surface area (Å²) in [4.78, 5) is 27.1. The predicted molar refractivity (Wildman–Crippen MR) is 101 cm³/mol. The van der Waals surface area contributed by atoms with E-state index in [1.807, 2.05) is 24.3 Å². The fraction of sp³-hybridized carbons (Fsp3) is 0.158. The number of aromatic amines is 1. The van der Waals surface area contributed by atoms with Crippen LogP contribution in [0.2, 0.25) is 0 Å². The number of carbonyl (C=O) groups excluding carboxylic acids is 2. The van der Waals surface area contributed by atoms with Crippen LogP contribution in [0, 0.1) is 4.77 Å². The van der Waals surface area contributed by atoms with E-state index in [0.717, 1.165) is 10.8 Å². The Morgan fingerprint density at radius 2 is 1.77 bits per heavy atom.